The lowest BCUT2D eigenvalue weighted by molar-refractivity contribution is 0.0734. The summed E-state index contributed by atoms with van der Waals surface area (Å²) in [7, 11) is 0. The van der Waals surface area contributed by atoms with Gasteiger partial charge in [-0.3, -0.25) is 9.89 Å². The van der Waals surface area contributed by atoms with E-state index >= 15 is 0 Å². The number of H-pyrrole nitrogens is 1. The highest BCUT2D eigenvalue weighted by Gasteiger charge is 2.08. The second-order valence-electron chi connectivity index (χ2n) is 5.44. The molecule has 27 heavy (non-hydrogen) atoms. The van der Waals surface area contributed by atoms with Crippen LogP contribution in [0.5, 0.6) is 5.75 Å². The van der Waals surface area contributed by atoms with Crippen LogP contribution in [0.3, 0.4) is 0 Å². The van der Waals surface area contributed by atoms with Crippen molar-refractivity contribution in [2.45, 2.75) is 6.92 Å². The number of aromatic nitrogens is 3. The summed E-state index contributed by atoms with van der Waals surface area (Å²) < 4.78 is 19.2. The van der Waals surface area contributed by atoms with E-state index in [0.29, 0.717) is 11.3 Å². The van der Waals surface area contributed by atoms with Crippen LogP contribution in [0.25, 0.3) is 0 Å². The Morgan fingerprint density at radius 1 is 1.22 bits per heavy atom. The van der Waals surface area contributed by atoms with E-state index in [9.17, 15) is 14.0 Å². The summed E-state index contributed by atoms with van der Waals surface area (Å²) in [5, 5.41) is 10.3. The van der Waals surface area contributed by atoms with Gasteiger partial charge in [-0.1, -0.05) is 0 Å². The molecule has 0 amide bonds. The minimum Gasteiger partial charge on any atom is -0.423 e. The van der Waals surface area contributed by atoms with Gasteiger partial charge in [0.2, 0.25) is 4.77 Å². The Kier molecular flexibility index (Phi) is 5.32. The third-order valence-corrected chi connectivity index (χ3v) is 3.77. The van der Waals surface area contributed by atoms with Gasteiger partial charge in [-0.2, -0.15) is 14.9 Å². The Morgan fingerprint density at radius 2 is 1.89 bits per heavy atom. The highest BCUT2D eigenvalue weighted by Crippen LogP contribution is 2.14. The van der Waals surface area contributed by atoms with E-state index in [4.69, 9.17) is 17.0 Å². The number of aromatic amines is 1. The fourth-order valence-electron chi connectivity index (χ4n) is 2.08. The molecule has 0 fully saturated rings. The fraction of sp³-hybridized carbons (Fsp3) is 0.0556. The average Bonchev–Trinajstić information content (AvgIpc) is 2.66. The van der Waals surface area contributed by atoms with Crippen LogP contribution >= 0.6 is 12.2 Å². The van der Waals surface area contributed by atoms with Crippen molar-refractivity contribution in [2.24, 2.45) is 5.10 Å². The second-order valence-corrected chi connectivity index (χ2v) is 5.83. The van der Waals surface area contributed by atoms with Gasteiger partial charge >= 0.3 is 5.97 Å². The van der Waals surface area contributed by atoms with Crippen molar-refractivity contribution < 1.29 is 13.9 Å². The first-order valence-electron chi connectivity index (χ1n) is 7.74. The number of esters is 1. The number of rotatable bonds is 4. The van der Waals surface area contributed by atoms with Crippen LogP contribution in [0, 0.1) is 17.5 Å². The number of hydrogen-bond donors (Lipinski definition) is 1. The number of nitrogens with zero attached hydrogens (tertiary/aromatic N) is 3. The Balaban J connectivity index is 1.73. The summed E-state index contributed by atoms with van der Waals surface area (Å²) in [6.07, 6.45) is 1.44. The lowest BCUT2D eigenvalue weighted by Gasteiger charge is -2.04. The standard InChI is InChI=1S/C18H13FN4O3S/c1-11-16(24)23(18(27)22-21-11)20-10-12-2-8-15(9-3-12)26-17(25)13-4-6-14(19)7-5-13/h2-10H,1H3,(H,22,27)/b20-10+. The van der Waals surface area contributed by atoms with E-state index in [0.717, 1.165) is 4.68 Å². The van der Waals surface area contributed by atoms with Gasteiger partial charge in [-0.15, -0.1) is 0 Å². The number of carbonyl (C=O) groups is 1. The van der Waals surface area contributed by atoms with E-state index in [1.165, 1.54) is 30.5 Å². The molecule has 0 aliphatic heterocycles. The maximum Gasteiger partial charge on any atom is 0.343 e. The van der Waals surface area contributed by atoms with Crippen LogP contribution in [0.2, 0.25) is 0 Å². The Labute approximate surface area is 157 Å². The third kappa shape index (κ3) is 4.39. The van der Waals surface area contributed by atoms with Crippen molar-refractivity contribution in [3.63, 3.8) is 0 Å². The van der Waals surface area contributed by atoms with E-state index in [2.05, 4.69) is 15.3 Å². The van der Waals surface area contributed by atoms with Gasteiger partial charge in [-0.25, -0.2) is 9.18 Å². The molecule has 7 nitrogen and oxygen atoms in total. The zero-order chi connectivity index (χ0) is 19.4. The quantitative estimate of drug-likeness (QED) is 0.323. The average molecular weight is 384 g/mol. The number of benzene rings is 2. The summed E-state index contributed by atoms with van der Waals surface area (Å²) >= 11 is 4.99. The highest BCUT2D eigenvalue weighted by atomic mass is 32.1. The van der Waals surface area contributed by atoms with Crippen molar-refractivity contribution in [2.75, 3.05) is 0 Å². The molecule has 136 valence electrons. The molecular formula is C18H13FN4O3S. The molecule has 2 aromatic carbocycles. The predicted octanol–water partition coefficient (Wildman–Crippen LogP) is 2.85. The van der Waals surface area contributed by atoms with Gasteiger partial charge in [0, 0.05) is 0 Å². The molecule has 3 aromatic rings. The summed E-state index contributed by atoms with van der Waals surface area (Å²) in [5.74, 6) is -0.712. The molecule has 1 heterocycles. The van der Waals surface area contributed by atoms with Gasteiger partial charge in [0.05, 0.1) is 11.8 Å². The van der Waals surface area contributed by atoms with Crippen molar-refractivity contribution in [3.8, 4) is 5.75 Å². The van der Waals surface area contributed by atoms with Crippen LogP contribution in [-0.4, -0.2) is 27.1 Å². The first-order valence-corrected chi connectivity index (χ1v) is 8.15. The molecule has 9 heteroatoms. The van der Waals surface area contributed by atoms with E-state index in [-0.39, 0.29) is 16.0 Å². The second kappa shape index (κ2) is 7.83. The van der Waals surface area contributed by atoms with E-state index in [1.807, 2.05) is 0 Å². The number of aryl methyl sites for hydroxylation is 1. The third-order valence-electron chi connectivity index (χ3n) is 3.51. The van der Waals surface area contributed by atoms with Crippen LogP contribution in [-0.2, 0) is 0 Å². The van der Waals surface area contributed by atoms with Gasteiger partial charge in [0.15, 0.2) is 0 Å². The normalized spacial score (nSPS) is 10.9. The number of halogens is 1. The SMILES string of the molecule is Cc1n[nH]c(=S)n(/N=C/c2ccc(OC(=O)c3ccc(F)cc3)cc2)c1=O. The molecule has 0 atom stereocenters. The summed E-state index contributed by atoms with van der Waals surface area (Å²) in [4.78, 5) is 24.0. The predicted molar refractivity (Wildman–Crippen MR) is 99.2 cm³/mol. The zero-order valence-corrected chi connectivity index (χ0v) is 14.9. The summed E-state index contributed by atoms with van der Waals surface area (Å²) in [6, 6.07) is 11.5. The molecule has 0 radical (unpaired) electrons. The van der Waals surface area contributed by atoms with Crippen molar-refractivity contribution in [3.05, 3.63) is 86.3 Å². The molecule has 0 saturated heterocycles. The minimum absolute atomic E-state index is 0.0756. The maximum absolute atomic E-state index is 12.9. The van der Waals surface area contributed by atoms with Crippen molar-refractivity contribution in [1.29, 1.82) is 0 Å². The van der Waals surface area contributed by atoms with Crippen LogP contribution < -0.4 is 10.3 Å². The molecule has 0 aliphatic carbocycles. The monoisotopic (exact) mass is 384 g/mol. The molecule has 0 aliphatic rings. The van der Waals surface area contributed by atoms with Gasteiger partial charge in [0.1, 0.15) is 17.3 Å². The Hall–Kier alpha value is -3.46. The molecule has 0 saturated carbocycles. The van der Waals surface area contributed by atoms with Gasteiger partial charge < -0.3 is 4.74 Å². The van der Waals surface area contributed by atoms with Crippen molar-refractivity contribution >= 4 is 24.4 Å². The Bertz CT molecular complexity index is 1120. The van der Waals surface area contributed by atoms with E-state index in [1.54, 1.807) is 31.2 Å². The topological polar surface area (TPSA) is 89.3 Å². The molecule has 0 spiro atoms. The summed E-state index contributed by atoms with van der Waals surface area (Å²) in [5.41, 5.74) is 0.722. The molecular weight excluding hydrogens is 371 g/mol. The summed E-state index contributed by atoms with van der Waals surface area (Å²) in [6.45, 7) is 1.55. The van der Waals surface area contributed by atoms with Gasteiger partial charge in [-0.05, 0) is 73.2 Å². The molecule has 1 N–H and O–H groups in total. The zero-order valence-electron chi connectivity index (χ0n) is 14.0. The Morgan fingerprint density at radius 3 is 2.56 bits per heavy atom. The van der Waals surface area contributed by atoms with Crippen LogP contribution in [0.1, 0.15) is 21.6 Å². The van der Waals surface area contributed by atoms with Crippen LogP contribution in [0.4, 0.5) is 4.39 Å². The lowest BCUT2D eigenvalue weighted by atomic mass is 10.2. The molecule has 0 bridgehead atoms. The first-order chi connectivity index (χ1) is 12.9. The van der Waals surface area contributed by atoms with Crippen LogP contribution in [0.15, 0.2) is 58.4 Å². The number of hydrogen-bond acceptors (Lipinski definition) is 6. The number of ether oxygens (including phenoxy) is 1. The molecule has 1 aromatic heterocycles. The maximum atomic E-state index is 12.9. The van der Waals surface area contributed by atoms with Gasteiger partial charge in [0.25, 0.3) is 5.56 Å². The fourth-order valence-corrected chi connectivity index (χ4v) is 2.25. The van der Waals surface area contributed by atoms with E-state index < -0.39 is 17.3 Å². The smallest absolute Gasteiger partial charge is 0.343 e. The first kappa shape index (κ1) is 18.3. The minimum atomic E-state index is -0.596. The highest BCUT2D eigenvalue weighted by molar-refractivity contribution is 7.71. The largest absolute Gasteiger partial charge is 0.423 e. The number of nitrogens with one attached hydrogen (secondary N) is 1. The lowest BCUT2D eigenvalue weighted by Crippen LogP contribution is -2.22. The number of carbonyl (C=O) groups excluding carboxylic acids is 1. The molecule has 3 rings (SSSR count). The van der Waals surface area contributed by atoms with Crippen molar-refractivity contribution in [1.82, 2.24) is 14.9 Å². The molecule has 0 unspecified atom stereocenters.